The zero-order valence-electron chi connectivity index (χ0n) is 8.80. The van der Waals surface area contributed by atoms with Gasteiger partial charge in [-0.3, -0.25) is 4.79 Å². The number of terminal acetylenes is 1. The van der Waals surface area contributed by atoms with Gasteiger partial charge in [0.2, 0.25) is 5.91 Å². The van der Waals surface area contributed by atoms with E-state index in [0.717, 1.165) is 12.8 Å². The number of amides is 1. The lowest BCUT2D eigenvalue weighted by atomic mass is 10.1. The Balaban J connectivity index is 3.80. The molecule has 0 aliphatic rings. The van der Waals surface area contributed by atoms with Crippen LogP contribution in [0.3, 0.4) is 0 Å². The van der Waals surface area contributed by atoms with Gasteiger partial charge >= 0.3 is 0 Å². The number of nitrogens with one attached hydrogen (secondary N) is 1. The van der Waals surface area contributed by atoms with E-state index in [4.69, 9.17) is 6.42 Å². The average Bonchev–Trinajstić information content (AvgIpc) is 2.14. The smallest absolute Gasteiger partial charge is 0.221 e. The fraction of sp³-hybridized carbons (Fsp3) is 0.636. The van der Waals surface area contributed by atoms with Crippen LogP contribution in [0.2, 0.25) is 0 Å². The van der Waals surface area contributed by atoms with Gasteiger partial charge in [-0.05, 0) is 13.3 Å². The first-order valence-corrected chi connectivity index (χ1v) is 4.85. The SMILES string of the molecule is C#CC(CCC)NC(=O)CCC(C)=O. The number of ketones is 1. The highest BCUT2D eigenvalue weighted by Gasteiger charge is 2.08. The van der Waals surface area contributed by atoms with Crippen molar-refractivity contribution in [2.45, 2.75) is 45.6 Å². The predicted octanol–water partition coefficient (Wildman–Crippen LogP) is 1.27. The lowest BCUT2D eigenvalue weighted by molar-refractivity contribution is -0.124. The summed E-state index contributed by atoms with van der Waals surface area (Å²) in [5.74, 6) is 2.38. The molecule has 1 amide bonds. The molecule has 1 unspecified atom stereocenters. The fourth-order valence-corrected chi connectivity index (χ4v) is 1.04. The molecule has 0 fully saturated rings. The van der Waals surface area contributed by atoms with Crippen molar-refractivity contribution in [1.29, 1.82) is 0 Å². The van der Waals surface area contributed by atoms with E-state index in [1.165, 1.54) is 6.92 Å². The van der Waals surface area contributed by atoms with Gasteiger partial charge in [-0.1, -0.05) is 19.3 Å². The minimum atomic E-state index is -0.195. The molecule has 0 aromatic heterocycles. The van der Waals surface area contributed by atoms with Gasteiger partial charge < -0.3 is 10.1 Å². The van der Waals surface area contributed by atoms with E-state index >= 15 is 0 Å². The van der Waals surface area contributed by atoms with Gasteiger partial charge in [-0.15, -0.1) is 6.42 Å². The highest BCUT2D eigenvalue weighted by Crippen LogP contribution is 1.97. The maximum atomic E-state index is 11.2. The van der Waals surface area contributed by atoms with Crippen molar-refractivity contribution in [3.63, 3.8) is 0 Å². The first kappa shape index (κ1) is 12.7. The lowest BCUT2D eigenvalue weighted by Crippen LogP contribution is -2.33. The Morgan fingerprint density at radius 2 is 2.07 bits per heavy atom. The monoisotopic (exact) mass is 195 g/mol. The number of hydrogen-bond donors (Lipinski definition) is 1. The average molecular weight is 195 g/mol. The van der Waals surface area contributed by atoms with E-state index in [1.54, 1.807) is 0 Å². The van der Waals surface area contributed by atoms with Gasteiger partial charge in [0.05, 0.1) is 6.04 Å². The first-order chi connectivity index (χ1) is 6.60. The minimum absolute atomic E-state index is 0.0212. The Morgan fingerprint density at radius 3 is 2.50 bits per heavy atom. The third-order valence-electron chi connectivity index (χ3n) is 1.82. The Hall–Kier alpha value is -1.30. The van der Waals surface area contributed by atoms with Crippen LogP contribution in [0.4, 0.5) is 0 Å². The number of carbonyl (C=O) groups excluding carboxylic acids is 2. The van der Waals surface area contributed by atoms with Crippen molar-refractivity contribution in [2.75, 3.05) is 0 Å². The predicted molar refractivity (Wildman–Crippen MR) is 55.6 cm³/mol. The molecule has 3 heteroatoms. The van der Waals surface area contributed by atoms with Crippen LogP contribution in [0.1, 0.15) is 39.5 Å². The van der Waals surface area contributed by atoms with Gasteiger partial charge in [0.15, 0.2) is 0 Å². The summed E-state index contributed by atoms with van der Waals surface area (Å²) in [6.07, 6.45) is 7.46. The van der Waals surface area contributed by atoms with E-state index in [0.29, 0.717) is 0 Å². The van der Waals surface area contributed by atoms with Crippen molar-refractivity contribution < 1.29 is 9.59 Å². The minimum Gasteiger partial charge on any atom is -0.342 e. The summed E-state index contributed by atoms with van der Waals surface area (Å²) in [6, 6.07) is -0.195. The second-order valence-electron chi connectivity index (χ2n) is 3.28. The zero-order valence-corrected chi connectivity index (χ0v) is 8.80. The molecular weight excluding hydrogens is 178 g/mol. The van der Waals surface area contributed by atoms with E-state index < -0.39 is 0 Å². The third-order valence-corrected chi connectivity index (χ3v) is 1.82. The molecule has 1 N–H and O–H groups in total. The molecule has 0 aliphatic carbocycles. The molecule has 78 valence electrons. The van der Waals surface area contributed by atoms with Crippen molar-refractivity contribution in [3.8, 4) is 12.3 Å². The van der Waals surface area contributed by atoms with E-state index in [1.807, 2.05) is 6.92 Å². The molecule has 0 aromatic carbocycles. The second-order valence-corrected chi connectivity index (χ2v) is 3.28. The molecule has 0 bridgehead atoms. The maximum Gasteiger partial charge on any atom is 0.221 e. The Bertz CT molecular complexity index is 240. The number of Topliss-reactive ketones (excluding diaryl/α,β-unsaturated/α-hetero) is 1. The van der Waals surface area contributed by atoms with Crippen molar-refractivity contribution in [2.24, 2.45) is 0 Å². The lowest BCUT2D eigenvalue weighted by Gasteiger charge is -2.11. The summed E-state index contributed by atoms with van der Waals surface area (Å²) in [4.78, 5) is 21.8. The molecule has 0 spiro atoms. The van der Waals surface area contributed by atoms with Gasteiger partial charge in [0, 0.05) is 12.8 Å². The molecule has 14 heavy (non-hydrogen) atoms. The first-order valence-electron chi connectivity index (χ1n) is 4.85. The van der Waals surface area contributed by atoms with Crippen LogP contribution in [0, 0.1) is 12.3 Å². The van der Waals surface area contributed by atoms with Crippen molar-refractivity contribution >= 4 is 11.7 Å². The van der Waals surface area contributed by atoms with E-state index in [2.05, 4.69) is 11.2 Å². The number of rotatable bonds is 6. The molecule has 0 saturated heterocycles. The molecule has 0 rings (SSSR count). The second kappa shape index (κ2) is 7.14. The van der Waals surface area contributed by atoms with E-state index in [9.17, 15) is 9.59 Å². The third kappa shape index (κ3) is 6.24. The molecule has 0 aliphatic heterocycles. The van der Waals surface area contributed by atoms with Crippen molar-refractivity contribution in [1.82, 2.24) is 5.32 Å². The van der Waals surface area contributed by atoms with Gasteiger partial charge in [0.1, 0.15) is 5.78 Å². The van der Waals surface area contributed by atoms with Crippen LogP contribution >= 0.6 is 0 Å². The maximum absolute atomic E-state index is 11.2. The fourth-order valence-electron chi connectivity index (χ4n) is 1.04. The largest absolute Gasteiger partial charge is 0.342 e. The van der Waals surface area contributed by atoms with Gasteiger partial charge in [0.25, 0.3) is 0 Å². The van der Waals surface area contributed by atoms with Crippen LogP contribution in [0.15, 0.2) is 0 Å². The zero-order chi connectivity index (χ0) is 11.0. The molecule has 0 radical (unpaired) electrons. The van der Waals surface area contributed by atoms with Gasteiger partial charge in [-0.25, -0.2) is 0 Å². The summed E-state index contributed by atoms with van der Waals surface area (Å²) in [5, 5.41) is 2.70. The van der Waals surface area contributed by atoms with Crippen molar-refractivity contribution in [3.05, 3.63) is 0 Å². The Morgan fingerprint density at radius 1 is 1.43 bits per heavy atom. The molecule has 0 heterocycles. The summed E-state index contributed by atoms with van der Waals surface area (Å²) in [5.41, 5.74) is 0. The highest BCUT2D eigenvalue weighted by atomic mass is 16.2. The van der Waals surface area contributed by atoms with Crippen LogP contribution in [0.5, 0.6) is 0 Å². The topological polar surface area (TPSA) is 46.2 Å². The van der Waals surface area contributed by atoms with Crippen LogP contribution < -0.4 is 5.32 Å². The van der Waals surface area contributed by atoms with E-state index in [-0.39, 0.29) is 30.6 Å². The normalized spacial score (nSPS) is 11.5. The molecule has 3 nitrogen and oxygen atoms in total. The standard InChI is InChI=1S/C11H17NO2/c1-4-6-10(5-2)12-11(14)8-7-9(3)13/h2,10H,4,6-8H2,1,3H3,(H,12,14). The quantitative estimate of drug-likeness (QED) is 0.649. The Labute approximate surface area is 85.3 Å². The summed E-state index contributed by atoms with van der Waals surface area (Å²) in [6.45, 7) is 3.48. The van der Waals surface area contributed by atoms with Crippen LogP contribution in [-0.2, 0) is 9.59 Å². The summed E-state index contributed by atoms with van der Waals surface area (Å²) in [7, 11) is 0. The summed E-state index contributed by atoms with van der Waals surface area (Å²) >= 11 is 0. The molecule has 0 aromatic rings. The summed E-state index contributed by atoms with van der Waals surface area (Å²) < 4.78 is 0. The highest BCUT2D eigenvalue weighted by molar-refractivity contribution is 5.83. The Kier molecular flexibility index (Phi) is 6.47. The van der Waals surface area contributed by atoms with Crippen LogP contribution in [0.25, 0.3) is 0 Å². The number of carbonyl (C=O) groups is 2. The molecule has 1 atom stereocenters. The molecular formula is C11H17NO2. The molecule has 0 saturated carbocycles. The number of hydrogen-bond acceptors (Lipinski definition) is 2. The van der Waals surface area contributed by atoms with Gasteiger partial charge in [-0.2, -0.15) is 0 Å². The van der Waals surface area contributed by atoms with Crippen LogP contribution in [-0.4, -0.2) is 17.7 Å².